The number of aromatic nitrogens is 2. The lowest BCUT2D eigenvalue weighted by Crippen LogP contribution is -2.15. The Hall–Kier alpha value is -3.46. The molecular weight excluding hydrogens is 354 g/mol. The maximum Gasteiger partial charge on any atom is 0.358 e. The molecular formula is C18H15N3O6. The first-order valence-corrected chi connectivity index (χ1v) is 8.14. The van der Waals surface area contributed by atoms with Gasteiger partial charge in [-0.3, -0.25) is 10.1 Å². The number of aryl methyl sites for hydroxylation is 1. The highest BCUT2D eigenvalue weighted by Gasteiger charge is 2.22. The van der Waals surface area contributed by atoms with Gasteiger partial charge in [-0.2, -0.15) is 0 Å². The van der Waals surface area contributed by atoms with Crippen molar-refractivity contribution in [1.29, 1.82) is 0 Å². The molecule has 4 rings (SSSR count). The predicted octanol–water partition coefficient (Wildman–Crippen LogP) is 2.77. The van der Waals surface area contributed by atoms with E-state index >= 15 is 0 Å². The van der Waals surface area contributed by atoms with Crippen molar-refractivity contribution in [3.8, 4) is 5.75 Å². The van der Waals surface area contributed by atoms with Gasteiger partial charge in [-0.25, -0.2) is 9.78 Å². The molecule has 9 heteroatoms. The quantitative estimate of drug-likeness (QED) is 0.395. The number of pyridine rings is 1. The van der Waals surface area contributed by atoms with E-state index in [0.717, 1.165) is 5.56 Å². The molecule has 0 atom stereocenters. The summed E-state index contributed by atoms with van der Waals surface area (Å²) in [7, 11) is 0. The summed E-state index contributed by atoms with van der Waals surface area (Å²) >= 11 is 0. The van der Waals surface area contributed by atoms with E-state index in [1.54, 1.807) is 16.8 Å². The Bertz CT molecular complexity index is 1060. The van der Waals surface area contributed by atoms with Gasteiger partial charge in [-0.1, -0.05) is 0 Å². The second-order valence-electron chi connectivity index (χ2n) is 6.13. The molecule has 138 valence electrons. The van der Waals surface area contributed by atoms with Crippen LogP contribution in [0.25, 0.3) is 5.65 Å². The van der Waals surface area contributed by atoms with Crippen molar-refractivity contribution in [1.82, 2.24) is 9.38 Å². The molecule has 0 spiro atoms. The number of ether oxygens (including phenoxy) is 3. The fourth-order valence-corrected chi connectivity index (χ4v) is 2.89. The number of fused-ring (bicyclic) bond motifs is 2. The molecule has 3 aromatic rings. The summed E-state index contributed by atoms with van der Waals surface area (Å²) in [6.45, 7) is 2.00. The molecule has 0 bridgehead atoms. The molecule has 0 radical (unpaired) electrons. The Balaban J connectivity index is 1.57. The minimum absolute atomic E-state index is 0.0392. The van der Waals surface area contributed by atoms with Crippen LogP contribution >= 0.6 is 0 Å². The summed E-state index contributed by atoms with van der Waals surface area (Å²) in [5.41, 5.74) is 2.66. The Labute approximate surface area is 153 Å². The first-order chi connectivity index (χ1) is 13.0. The number of benzene rings is 1. The van der Waals surface area contributed by atoms with Crippen LogP contribution in [-0.4, -0.2) is 27.1 Å². The van der Waals surface area contributed by atoms with Gasteiger partial charge in [-0.05, 0) is 24.6 Å². The minimum Gasteiger partial charge on any atom is -0.467 e. The number of hydrogen-bond donors (Lipinski definition) is 0. The summed E-state index contributed by atoms with van der Waals surface area (Å²) in [6.07, 6.45) is 3.38. The lowest BCUT2D eigenvalue weighted by molar-refractivity contribution is -0.385. The number of nitro benzene ring substituents is 1. The van der Waals surface area contributed by atoms with E-state index in [0.29, 0.717) is 22.5 Å². The van der Waals surface area contributed by atoms with E-state index in [-0.39, 0.29) is 31.4 Å². The molecule has 3 heterocycles. The number of nitro groups is 1. The molecule has 0 saturated carbocycles. The number of imidazole rings is 1. The van der Waals surface area contributed by atoms with Crippen LogP contribution in [0.2, 0.25) is 0 Å². The SMILES string of the molecule is Cc1ccn2cc(C(=O)OCc3cc([N+](=O)[O-])cc4c3OCOC4)nc2c1. The molecule has 0 N–H and O–H groups in total. The predicted molar refractivity (Wildman–Crippen MR) is 92.4 cm³/mol. The second-order valence-corrected chi connectivity index (χ2v) is 6.13. The Morgan fingerprint density at radius 2 is 2.26 bits per heavy atom. The zero-order valence-electron chi connectivity index (χ0n) is 14.4. The van der Waals surface area contributed by atoms with E-state index in [1.807, 2.05) is 19.1 Å². The van der Waals surface area contributed by atoms with Gasteiger partial charge in [0, 0.05) is 35.7 Å². The number of esters is 1. The van der Waals surface area contributed by atoms with Crippen molar-refractivity contribution >= 4 is 17.3 Å². The Morgan fingerprint density at radius 3 is 3.07 bits per heavy atom. The molecule has 1 aromatic carbocycles. The van der Waals surface area contributed by atoms with Gasteiger partial charge < -0.3 is 18.6 Å². The molecule has 0 amide bonds. The number of carbonyl (C=O) groups excluding carboxylic acids is 1. The van der Waals surface area contributed by atoms with E-state index in [9.17, 15) is 14.9 Å². The minimum atomic E-state index is -0.622. The third-order valence-corrected chi connectivity index (χ3v) is 4.17. The second kappa shape index (κ2) is 6.69. The molecule has 2 aromatic heterocycles. The van der Waals surface area contributed by atoms with Crippen LogP contribution in [0, 0.1) is 17.0 Å². The van der Waals surface area contributed by atoms with Gasteiger partial charge in [0.2, 0.25) is 0 Å². The van der Waals surface area contributed by atoms with E-state index < -0.39 is 10.9 Å². The van der Waals surface area contributed by atoms with Crippen molar-refractivity contribution in [2.24, 2.45) is 0 Å². The molecule has 0 unspecified atom stereocenters. The number of nitrogens with zero attached hydrogens (tertiary/aromatic N) is 3. The number of rotatable bonds is 4. The van der Waals surface area contributed by atoms with Gasteiger partial charge in [-0.15, -0.1) is 0 Å². The number of non-ortho nitro benzene ring substituents is 1. The van der Waals surface area contributed by atoms with Crippen LogP contribution in [0.15, 0.2) is 36.7 Å². The highest BCUT2D eigenvalue weighted by Crippen LogP contribution is 2.33. The summed E-state index contributed by atoms with van der Waals surface area (Å²) in [6, 6.07) is 6.48. The van der Waals surface area contributed by atoms with Crippen LogP contribution in [0.3, 0.4) is 0 Å². The average molecular weight is 369 g/mol. The largest absolute Gasteiger partial charge is 0.467 e. The molecule has 9 nitrogen and oxygen atoms in total. The first-order valence-electron chi connectivity index (χ1n) is 8.14. The lowest BCUT2D eigenvalue weighted by Gasteiger charge is -2.20. The molecule has 0 fully saturated rings. The van der Waals surface area contributed by atoms with Crippen molar-refractivity contribution < 1.29 is 23.9 Å². The Kier molecular flexibility index (Phi) is 4.21. The number of carbonyl (C=O) groups is 1. The van der Waals surface area contributed by atoms with Crippen LogP contribution in [-0.2, 0) is 22.7 Å². The van der Waals surface area contributed by atoms with Crippen molar-refractivity contribution in [3.05, 3.63) is 69.2 Å². The van der Waals surface area contributed by atoms with Crippen LogP contribution < -0.4 is 4.74 Å². The standard InChI is InChI=1S/C18H15N3O6/c1-11-2-3-20-7-15(19-16(20)4-11)18(22)26-9-13-6-14(21(23)24)5-12-8-25-10-27-17(12)13/h2-7H,8-10H2,1H3. The smallest absolute Gasteiger partial charge is 0.358 e. The third kappa shape index (κ3) is 3.32. The molecule has 1 aliphatic heterocycles. The summed E-state index contributed by atoms with van der Waals surface area (Å²) in [5.74, 6) is -0.172. The normalized spacial score (nSPS) is 13.1. The van der Waals surface area contributed by atoms with Gasteiger partial charge >= 0.3 is 5.97 Å². The van der Waals surface area contributed by atoms with Crippen LogP contribution in [0.1, 0.15) is 27.2 Å². The van der Waals surface area contributed by atoms with Crippen LogP contribution in [0.5, 0.6) is 5.75 Å². The zero-order valence-corrected chi connectivity index (χ0v) is 14.4. The number of hydrogen-bond acceptors (Lipinski definition) is 7. The highest BCUT2D eigenvalue weighted by molar-refractivity contribution is 5.88. The monoisotopic (exact) mass is 369 g/mol. The molecule has 0 aliphatic carbocycles. The van der Waals surface area contributed by atoms with Crippen molar-refractivity contribution in [2.45, 2.75) is 20.1 Å². The fourth-order valence-electron chi connectivity index (χ4n) is 2.89. The average Bonchev–Trinajstić information content (AvgIpc) is 3.08. The van der Waals surface area contributed by atoms with Crippen molar-refractivity contribution in [2.75, 3.05) is 6.79 Å². The van der Waals surface area contributed by atoms with Gasteiger partial charge in [0.1, 0.15) is 18.0 Å². The summed E-state index contributed by atoms with van der Waals surface area (Å²) in [4.78, 5) is 27.2. The van der Waals surface area contributed by atoms with Crippen LogP contribution in [0.4, 0.5) is 5.69 Å². The zero-order chi connectivity index (χ0) is 19.0. The third-order valence-electron chi connectivity index (χ3n) is 4.17. The van der Waals surface area contributed by atoms with E-state index in [1.165, 1.54) is 12.1 Å². The Morgan fingerprint density at radius 1 is 1.41 bits per heavy atom. The molecule has 1 aliphatic rings. The summed E-state index contributed by atoms with van der Waals surface area (Å²) < 4.78 is 17.6. The maximum absolute atomic E-state index is 12.4. The van der Waals surface area contributed by atoms with E-state index in [4.69, 9.17) is 14.2 Å². The fraction of sp³-hybridized carbons (Fsp3) is 0.222. The van der Waals surface area contributed by atoms with Crippen molar-refractivity contribution in [3.63, 3.8) is 0 Å². The molecule has 27 heavy (non-hydrogen) atoms. The van der Waals surface area contributed by atoms with Gasteiger partial charge in [0.05, 0.1) is 11.5 Å². The molecule has 0 saturated heterocycles. The highest BCUT2D eigenvalue weighted by atomic mass is 16.7. The first kappa shape index (κ1) is 17.0. The van der Waals surface area contributed by atoms with Gasteiger partial charge in [0.15, 0.2) is 12.5 Å². The summed E-state index contributed by atoms with van der Waals surface area (Å²) in [5, 5.41) is 11.1. The van der Waals surface area contributed by atoms with E-state index in [2.05, 4.69) is 4.98 Å². The van der Waals surface area contributed by atoms with Gasteiger partial charge in [0.25, 0.3) is 5.69 Å². The maximum atomic E-state index is 12.4. The lowest BCUT2D eigenvalue weighted by atomic mass is 10.1. The topological polar surface area (TPSA) is 105 Å².